The van der Waals surface area contributed by atoms with Crippen LogP contribution in [0.25, 0.3) is 0 Å². The van der Waals surface area contributed by atoms with Crippen LogP contribution in [0.1, 0.15) is 37.3 Å². The molecule has 98 valence electrons. The van der Waals surface area contributed by atoms with Gasteiger partial charge < -0.3 is 10.6 Å². The number of benzene rings is 1. The molecule has 1 unspecified atom stereocenters. The van der Waals surface area contributed by atoms with Crippen LogP contribution in [0.4, 0.5) is 0 Å². The van der Waals surface area contributed by atoms with Crippen molar-refractivity contribution < 1.29 is 4.79 Å². The van der Waals surface area contributed by atoms with Crippen LogP contribution in [-0.2, 0) is 4.79 Å². The van der Waals surface area contributed by atoms with Crippen molar-refractivity contribution in [3.63, 3.8) is 0 Å². The van der Waals surface area contributed by atoms with E-state index in [1.807, 2.05) is 42.3 Å². The smallest absolute Gasteiger partial charge is 0.224 e. The van der Waals surface area contributed by atoms with Crippen molar-refractivity contribution in [1.29, 1.82) is 0 Å². The minimum atomic E-state index is -0.192. The molecule has 0 spiro atoms. The van der Waals surface area contributed by atoms with Crippen molar-refractivity contribution in [2.45, 2.75) is 31.7 Å². The average Bonchev–Trinajstić information content (AvgIpc) is 2.34. The summed E-state index contributed by atoms with van der Waals surface area (Å²) in [5.41, 5.74) is 7.09. The van der Waals surface area contributed by atoms with Gasteiger partial charge in [0.15, 0.2) is 0 Å². The topological polar surface area (TPSA) is 46.3 Å². The third kappa shape index (κ3) is 3.33. The Morgan fingerprint density at radius 2 is 2.06 bits per heavy atom. The predicted molar refractivity (Wildman–Crippen MR) is 73.0 cm³/mol. The second-order valence-corrected chi connectivity index (χ2v) is 5.29. The molecule has 2 rings (SSSR count). The summed E-state index contributed by atoms with van der Waals surface area (Å²) in [7, 11) is 1.89. The molecule has 3 heteroatoms. The molecular formula is C15H22N2O. The molecule has 0 saturated heterocycles. The second-order valence-electron chi connectivity index (χ2n) is 5.29. The fourth-order valence-corrected chi connectivity index (χ4v) is 2.33. The summed E-state index contributed by atoms with van der Waals surface area (Å²) in [5.74, 6) is 0.866. The van der Waals surface area contributed by atoms with Gasteiger partial charge in [0.05, 0.1) is 0 Å². The number of nitrogens with zero attached hydrogens (tertiary/aromatic N) is 1. The van der Waals surface area contributed by atoms with Gasteiger partial charge in [0.2, 0.25) is 5.91 Å². The van der Waals surface area contributed by atoms with E-state index in [4.69, 9.17) is 5.73 Å². The maximum Gasteiger partial charge on any atom is 0.224 e. The van der Waals surface area contributed by atoms with E-state index in [0.717, 1.165) is 12.1 Å². The predicted octanol–water partition coefficient (Wildman–Crippen LogP) is 2.34. The Labute approximate surface area is 109 Å². The Morgan fingerprint density at radius 1 is 1.39 bits per heavy atom. The van der Waals surface area contributed by atoms with E-state index in [-0.39, 0.29) is 11.9 Å². The zero-order valence-electron chi connectivity index (χ0n) is 11.0. The summed E-state index contributed by atoms with van der Waals surface area (Å²) in [6.07, 6.45) is 4.24. The first-order valence-electron chi connectivity index (χ1n) is 6.71. The normalized spacial score (nSPS) is 17.0. The van der Waals surface area contributed by atoms with Gasteiger partial charge in [-0.25, -0.2) is 0 Å². The highest BCUT2D eigenvalue weighted by molar-refractivity contribution is 5.76. The van der Waals surface area contributed by atoms with Crippen LogP contribution in [0.3, 0.4) is 0 Å². The van der Waals surface area contributed by atoms with E-state index in [0.29, 0.717) is 12.3 Å². The monoisotopic (exact) mass is 246 g/mol. The lowest BCUT2D eigenvalue weighted by Gasteiger charge is -2.30. The first-order valence-corrected chi connectivity index (χ1v) is 6.71. The first-order chi connectivity index (χ1) is 8.66. The van der Waals surface area contributed by atoms with E-state index in [1.54, 1.807) is 0 Å². The van der Waals surface area contributed by atoms with Gasteiger partial charge in [-0.3, -0.25) is 4.79 Å². The number of amides is 1. The lowest BCUT2D eigenvalue weighted by molar-refractivity contribution is -0.131. The molecule has 1 aromatic carbocycles. The first kappa shape index (κ1) is 13.1. The Balaban J connectivity index is 1.82. The minimum Gasteiger partial charge on any atom is -0.345 e. The molecule has 0 aromatic heterocycles. The van der Waals surface area contributed by atoms with Crippen molar-refractivity contribution in [3.8, 4) is 0 Å². The van der Waals surface area contributed by atoms with Gasteiger partial charge in [0, 0.05) is 26.1 Å². The van der Waals surface area contributed by atoms with Gasteiger partial charge in [0.25, 0.3) is 0 Å². The van der Waals surface area contributed by atoms with Gasteiger partial charge in [-0.1, -0.05) is 36.8 Å². The molecule has 1 atom stereocenters. The van der Waals surface area contributed by atoms with E-state index in [9.17, 15) is 4.79 Å². The molecule has 1 amide bonds. The van der Waals surface area contributed by atoms with Crippen LogP contribution in [0.15, 0.2) is 30.3 Å². The maximum atomic E-state index is 12.0. The van der Waals surface area contributed by atoms with Crippen LogP contribution >= 0.6 is 0 Å². The molecule has 18 heavy (non-hydrogen) atoms. The minimum absolute atomic E-state index is 0.151. The number of hydrogen-bond acceptors (Lipinski definition) is 2. The Kier molecular flexibility index (Phi) is 4.37. The van der Waals surface area contributed by atoms with Gasteiger partial charge in [-0.05, 0) is 24.3 Å². The quantitative estimate of drug-likeness (QED) is 0.866. The van der Waals surface area contributed by atoms with Crippen molar-refractivity contribution in [1.82, 2.24) is 4.90 Å². The summed E-state index contributed by atoms with van der Waals surface area (Å²) in [5, 5.41) is 0. The third-order valence-electron chi connectivity index (χ3n) is 3.80. The Bertz CT molecular complexity index is 387. The fraction of sp³-hybridized carbons (Fsp3) is 0.533. The van der Waals surface area contributed by atoms with Crippen LogP contribution < -0.4 is 5.73 Å². The molecule has 1 aromatic rings. The van der Waals surface area contributed by atoms with Crippen molar-refractivity contribution in [2.24, 2.45) is 11.7 Å². The molecule has 1 aliphatic rings. The zero-order chi connectivity index (χ0) is 13.0. The van der Waals surface area contributed by atoms with Gasteiger partial charge in [0.1, 0.15) is 0 Å². The van der Waals surface area contributed by atoms with Crippen LogP contribution in [-0.4, -0.2) is 24.4 Å². The van der Waals surface area contributed by atoms with Crippen molar-refractivity contribution in [3.05, 3.63) is 35.9 Å². The number of nitrogens with two attached hydrogens (primary N) is 1. The molecule has 1 saturated carbocycles. The Morgan fingerprint density at radius 3 is 2.61 bits per heavy atom. The van der Waals surface area contributed by atoms with Gasteiger partial charge in [-0.2, -0.15) is 0 Å². The van der Waals surface area contributed by atoms with E-state index in [1.165, 1.54) is 19.3 Å². The number of carbonyl (C=O) groups excluding carboxylic acids is 1. The largest absolute Gasteiger partial charge is 0.345 e. The highest BCUT2D eigenvalue weighted by atomic mass is 16.2. The fourth-order valence-electron chi connectivity index (χ4n) is 2.33. The molecule has 0 aliphatic heterocycles. The molecule has 0 heterocycles. The SMILES string of the molecule is CN(CC1CCC1)C(=O)CC(N)c1ccccc1. The third-order valence-corrected chi connectivity index (χ3v) is 3.80. The summed E-state index contributed by atoms with van der Waals surface area (Å²) in [4.78, 5) is 13.9. The van der Waals surface area contributed by atoms with Crippen LogP contribution in [0, 0.1) is 5.92 Å². The maximum absolute atomic E-state index is 12.0. The summed E-state index contributed by atoms with van der Waals surface area (Å²) in [6, 6.07) is 9.63. The Hall–Kier alpha value is -1.35. The number of hydrogen-bond donors (Lipinski definition) is 1. The molecular weight excluding hydrogens is 224 g/mol. The standard InChI is InChI=1S/C15H22N2O/c1-17(11-12-6-5-7-12)15(18)10-14(16)13-8-3-2-4-9-13/h2-4,8-9,12,14H,5-7,10-11,16H2,1H3. The van der Waals surface area contributed by atoms with Crippen LogP contribution in [0.5, 0.6) is 0 Å². The number of carbonyl (C=O) groups is 1. The van der Waals surface area contributed by atoms with E-state index < -0.39 is 0 Å². The molecule has 2 N–H and O–H groups in total. The number of rotatable bonds is 5. The molecule has 1 fully saturated rings. The lowest BCUT2D eigenvalue weighted by atomic mass is 9.85. The molecule has 0 radical (unpaired) electrons. The lowest BCUT2D eigenvalue weighted by Crippen LogP contribution is -2.35. The average molecular weight is 246 g/mol. The van der Waals surface area contributed by atoms with E-state index >= 15 is 0 Å². The van der Waals surface area contributed by atoms with Crippen molar-refractivity contribution >= 4 is 5.91 Å². The molecule has 1 aliphatic carbocycles. The summed E-state index contributed by atoms with van der Waals surface area (Å²) < 4.78 is 0. The zero-order valence-corrected chi connectivity index (χ0v) is 11.0. The van der Waals surface area contributed by atoms with Gasteiger partial charge >= 0.3 is 0 Å². The highest BCUT2D eigenvalue weighted by Gasteiger charge is 2.22. The highest BCUT2D eigenvalue weighted by Crippen LogP contribution is 2.27. The van der Waals surface area contributed by atoms with Crippen molar-refractivity contribution in [2.75, 3.05) is 13.6 Å². The second kappa shape index (κ2) is 6.01. The molecule has 0 bridgehead atoms. The van der Waals surface area contributed by atoms with Gasteiger partial charge in [-0.15, -0.1) is 0 Å². The molecule has 3 nitrogen and oxygen atoms in total. The van der Waals surface area contributed by atoms with Crippen LogP contribution in [0.2, 0.25) is 0 Å². The summed E-state index contributed by atoms with van der Waals surface area (Å²) in [6.45, 7) is 0.889. The summed E-state index contributed by atoms with van der Waals surface area (Å²) >= 11 is 0. The van der Waals surface area contributed by atoms with E-state index in [2.05, 4.69) is 0 Å².